The third kappa shape index (κ3) is 3.22. The fraction of sp³-hybridized carbons (Fsp3) is 0.421. The number of benzene rings is 1. The zero-order valence-electron chi connectivity index (χ0n) is 15.1. The first-order valence-corrected chi connectivity index (χ1v) is 8.98. The molecule has 0 bridgehead atoms. The van der Waals surface area contributed by atoms with Crippen molar-refractivity contribution < 1.29 is 4.74 Å². The summed E-state index contributed by atoms with van der Waals surface area (Å²) in [7, 11) is 0. The molecule has 3 heterocycles. The molecule has 1 N–H and O–H groups in total. The lowest BCUT2D eigenvalue weighted by Crippen LogP contribution is -2.41. The molecule has 0 amide bonds. The molecule has 1 aliphatic rings. The van der Waals surface area contributed by atoms with Gasteiger partial charge in [0.25, 0.3) is 11.3 Å². The number of hydrogen-bond acceptors (Lipinski definition) is 5. The van der Waals surface area contributed by atoms with Crippen LogP contribution in [0.5, 0.6) is 0 Å². The van der Waals surface area contributed by atoms with Crippen molar-refractivity contribution in [3.05, 3.63) is 57.8 Å². The summed E-state index contributed by atoms with van der Waals surface area (Å²) >= 11 is 0. The van der Waals surface area contributed by atoms with Gasteiger partial charge in [-0.25, -0.2) is 4.98 Å². The van der Waals surface area contributed by atoms with Crippen LogP contribution in [0, 0.1) is 13.8 Å². The molecule has 0 saturated carbocycles. The van der Waals surface area contributed by atoms with Crippen molar-refractivity contribution >= 4 is 11.5 Å². The Balaban J connectivity index is 1.45. The SMILES string of the molecule is Cc1nc2nc(C)c(N3CCC(OCc4ccccc4)CC3)c(=O)n2[nH]1. The van der Waals surface area contributed by atoms with Crippen molar-refractivity contribution in [2.45, 2.75) is 39.4 Å². The van der Waals surface area contributed by atoms with Gasteiger partial charge in [-0.05, 0) is 32.3 Å². The summed E-state index contributed by atoms with van der Waals surface area (Å²) in [5.74, 6) is 1.11. The molecular weight excluding hydrogens is 330 g/mol. The van der Waals surface area contributed by atoms with Crippen LogP contribution < -0.4 is 10.5 Å². The number of aromatic nitrogens is 4. The Kier molecular flexibility index (Phi) is 4.46. The number of piperidine rings is 1. The molecule has 1 fully saturated rings. The minimum absolute atomic E-state index is 0.0863. The average molecular weight is 353 g/mol. The van der Waals surface area contributed by atoms with Gasteiger partial charge >= 0.3 is 0 Å². The molecule has 136 valence electrons. The van der Waals surface area contributed by atoms with Crippen LogP contribution in [0.4, 0.5) is 5.69 Å². The molecule has 26 heavy (non-hydrogen) atoms. The van der Waals surface area contributed by atoms with E-state index in [1.807, 2.05) is 32.0 Å². The Labute approximate surface area is 151 Å². The van der Waals surface area contributed by atoms with Gasteiger partial charge in [0, 0.05) is 13.1 Å². The molecule has 3 aromatic rings. The number of fused-ring (bicyclic) bond motifs is 1. The summed E-state index contributed by atoms with van der Waals surface area (Å²) in [5.41, 5.74) is 2.49. The van der Waals surface area contributed by atoms with E-state index in [1.54, 1.807) is 0 Å². The molecule has 7 nitrogen and oxygen atoms in total. The number of nitrogens with zero attached hydrogens (tertiary/aromatic N) is 4. The van der Waals surface area contributed by atoms with Crippen molar-refractivity contribution in [1.82, 2.24) is 19.6 Å². The van der Waals surface area contributed by atoms with E-state index in [9.17, 15) is 4.79 Å². The summed E-state index contributed by atoms with van der Waals surface area (Å²) in [6.45, 7) is 5.90. The lowest BCUT2D eigenvalue weighted by atomic mass is 10.1. The normalized spacial score (nSPS) is 15.7. The van der Waals surface area contributed by atoms with Gasteiger partial charge in [0.2, 0.25) is 0 Å². The van der Waals surface area contributed by atoms with E-state index in [0.29, 0.717) is 23.9 Å². The van der Waals surface area contributed by atoms with Crippen LogP contribution in [-0.2, 0) is 11.3 Å². The topological polar surface area (TPSA) is 75.5 Å². The Morgan fingerprint density at radius 3 is 2.62 bits per heavy atom. The van der Waals surface area contributed by atoms with Crippen LogP contribution >= 0.6 is 0 Å². The largest absolute Gasteiger partial charge is 0.373 e. The van der Waals surface area contributed by atoms with Crippen LogP contribution in [0.25, 0.3) is 5.78 Å². The van der Waals surface area contributed by atoms with E-state index in [4.69, 9.17) is 4.74 Å². The first kappa shape index (κ1) is 16.8. The lowest BCUT2D eigenvalue weighted by Gasteiger charge is -2.33. The van der Waals surface area contributed by atoms with Crippen LogP contribution in [0.1, 0.15) is 29.9 Å². The van der Waals surface area contributed by atoms with E-state index >= 15 is 0 Å². The number of aryl methyl sites for hydroxylation is 2. The smallest absolute Gasteiger partial charge is 0.297 e. The summed E-state index contributed by atoms with van der Waals surface area (Å²) < 4.78 is 7.47. The highest BCUT2D eigenvalue weighted by atomic mass is 16.5. The van der Waals surface area contributed by atoms with E-state index < -0.39 is 0 Å². The standard InChI is InChI=1S/C19H23N5O2/c1-13-17(18(25)24-19(20-13)21-14(2)22-24)23-10-8-16(9-11-23)26-12-15-6-4-3-5-7-15/h3-7,16H,8-12H2,1-2H3,(H,20,21,22). The maximum atomic E-state index is 12.8. The molecule has 7 heteroatoms. The number of rotatable bonds is 4. The van der Waals surface area contributed by atoms with Gasteiger partial charge in [0.05, 0.1) is 18.4 Å². The maximum Gasteiger partial charge on any atom is 0.297 e. The zero-order valence-corrected chi connectivity index (χ0v) is 15.1. The average Bonchev–Trinajstić information content (AvgIpc) is 3.02. The molecule has 2 aromatic heterocycles. The van der Waals surface area contributed by atoms with E-state index in [0.717, 1.165) is 31.6 Å². The van der Waals surface area contributed by atoms with E-state index in [-0.39, 0.29) is 11.7 Å². The van der Waals surface area contributed by atoms with Gasteiger partial charge in [0.1, 0.15) is 11.5 Å². The summed E-state index contributed by atoms with van der Waals surface area (Å²) in [4.78, 5) is 23.7. The zero-order chi connectivity index (χ0) is 18.1. The van der Waals surface area contributed by atoms with Crippen molar-refractivity contribution in [2.75, 3.05) is 18.0 Å². The fourth-order valence-corrected chi connectivity index (χ4v) is 3.52. The van der Waals surface area contributed by atoms with Crippen LogP contribution in [-0.4, -0.2) is 38.8 Å². The van der Waals surface area contributed by atoms with Crippen molar-refractivity contribution in [3.63, 3.8) is 0 Å². The maximum absolute atomic E-state index is 12.8. The highest BCUT2D eigenvalue weighted by Gasteiger charge is 2.24. The quantitative estimate of drug-likeness (QED) is 0.778. The van der Waals surface area contributed by atoms with Gasteiger partial charge in [-0.2, -0.15) is 9.50 Å². The molecular formula is C19H23N5O2. The first-order chi connectivity index (χ1) is 12.6. The van der Waals surface area contributed by atoms with Gasteiger partial charge in [-0.15, -0.1) is 0 Å². The Bertz CT molecular complexity index is 955. The molecule has 1 aromatic carbocycles. The number of aromatic amines is 1. The van der Waals surface area contributed by atoms with Crippen molar-refractivity contribution in [2.24, 2.45) is 0 Å². The highest BCUT2D eigenvalue weighted by molar-refractivity contribution is 5.52. The Morgan fingerprint density at radius 1 is 1.15 bits per heavy atom. The second-order valence-electron chi connectivity index (χ2n) is 6.78. The number of hydrogen-bond donors (Lipinski definition) is 1. The van der Waals surface area contributed by atoms with Crippen LogP contribution in [0.2, 0.25) is 0 Å². The molecule has 0 atom stereocenters. The molecule has 1 aliphatic heterocycles. The summed E-state index contributed by atoms with van der Waals surface area (Å²) in [6.07, 6.45) is 2.02. The van der Waals surface area contributed by atoms with Gasteiger partial charge in [0.15, 0.2) is 0 Å². The molecule has 0 spiro atoms. The summed E-state index contributed by atoms with van der Waals surface area (Å²) in [6, 6.07) is 10.2. The molecule has 0 radical (unpaired) electrons. The van der Waals surface area contributed by atoms with Crippen LogP contribution in [0.15, 0.2) is 35.1 Å². The van der Waals surface area contributed by atoms with Gasteiger partial charge < -0.3 is 9.64 Å². The van der Waals surface area contributed by atoms with E-state index in [2.05, 4.69) is 32.1 Å². The van der Waals surface area contributed by atoms with Crippen molar-refractivity contribution in [3.8, 4) is 0 Å². The van der Waals surface area contributed by atoms with Crippen LogP contribution in [0.3, 0.4) is 0 Å². The predicted molar refractivity (Wildman–Crippen MR) is 99.5 cm³/mol. The minimum atomic E-state index is -0.0863. The molecule has 1 saturated heterocycles. The van der Waals surface area contributed by atoms with Gasteiger partial charge in [-0.3, -0.25) is 9.89 Å². The number of ether oxygens (including phenoxy) is 1. The highest BCUT2D eigenvalue weighted by Crippen LogP contribution is 2.21. The second kappa shape index (κ2) is 6.92. The first-order valence-electron chi connectivity index (χ1n) is 8.98. The fourth-order valence-electron chi connectivity index (χ4n) is 3.52. The third-order valence-corrected chi connectivity index (χ3v) is 4.84. The third-order valence-electron chi connectivity index (χ3n) is 4.84. The number of H-pyrrole nitrogens is 1. The van der Waals surface area contributed by atoms with Gasteiger partial charge in [-0.1, -0.05) is 30.3 Å². The summed E-state index contributed by atoms with van der Waals surface area (Å²) in [5, 5.41) is 2.96. The monoisotopic (exact) mass is 353 g/mol. The number of nitrogens with one attached hydrogen (secondary N) is 1. The predicted octanol–water partition coefficient (Wildman–Crippen LogP) is 2.22. The molecule has 4 rings (SSSR count). The number of anilines is 1. The Morgan fingerprint density at radius 2 is 1.88 bits per heavy atom. The Hall–Kier alpha value is -2.67. The molecule has 0 unspecified atom stereocenters. The second-order valence-corrected chi connectivity index (χ2v) is 6.78. The lowest BCUT2D eigenvalue weighted by molar-refractivity contribution is 0.0251. The van der Waals surface area contributed by atoms with Crippen molar-refractivity contribution in [1.29, 1.82) is 0 Å². The van der Waals surface area contributed by atoms with E-state index in [1.165, 1.54) is 10.1 Å². The minimum Gasteiger partial charge on any atom is -0.373 e. The molecule has 0 aliphatic carbocycles.